The zero-order valence-corrected chi connectivity index (χ0v) is 24.6. The molecule has 0 radical (unpaired) electrons. The molecule has 2 N–H and O–H groups in total. The largest absolute Gasteiger partial charge is 0.480 e. The third-order valence-corrected chi connectivity index (χ3v) is 8.17. The molecule has 0 bridgehead atoms. The molecule has 0 aliphatic carbocycles. The number of nitrogens with one attached hydrogen (secondary N) is 1. The van der Waals surface area contributed by atoms with Crippen LogP contribution >= 0.6 is 11.8 Å². The first kappa shape index (κ1) is 30.3. The van der Waals surface area contributed by atoms with Crippen LogP contribution in [0.1, 0.15) is 24.8 Å². The van der Waals surface area contributed by atoms with Crippen molar-refractivity contribution in [3.8, 4) is 0 Å². The maximum Gasteiger partial charge on any atom is 0.326 e. The minimum atomic E-state index is -1.03. The molecule has 1 aliphatic rings. The highest BCUT2D eigenvalue weighted by Crippen LogP contribution is 2.23. The van der Waals surface area contributed by atoms with Gasteiger partial charge in [-0.25, -0.2) is 4.79 Å². The number of fused-ring (bicyclic) bond motifs is 1. The molecule has 1 saturated heterocycles. The standard InChI is InChI=1S/C31H39N5O4S/c1-34(25-12-15-32-16-13-25)22-30(38)36-17-6-10-26(36)20-35(21-29(37)33-28(31(39)40)14-18-41-2)19-24-9-5-8-23-7-3-4-11-27(23)24/h3-5,7-9,11-13,15-16,26,28H,6,10,14,17-22H2,1-2H3,(H,33,37)(H,39,40)/t26-,28-/m0/s1. The van der Waals surface area contributed by atoms with E-state index in [1.165, 1.54) is 0 Å². The zero-order valence-electron chi connectivity index (χ0n) is 23.7. The third kappa shape index (κ3) is 8.43. The van der Waals surface area contributed by atoms with E-state index in [9.17, 15) is 19.5 Å². The smallest absolute Gasteiger partial charge is 0.326 e. The van der Waals surface area contributed by atoms with Crippen LogP contribution in [0.15, 0.2) is 67.0 Å². The molecule has 0 unspecified atom stereocenters. The molecule has 1 aliphatic heterocycles. The van der Waals surface area contributed by atoms with Crippen molar-refractivity contribution in [2.24, 2.45) is 0 Å². The van der Waals surface area contributed by atoms with E-state index in [-0.39, 0.29) is 30.9 Å². The van der Waals surface area contributed by atoms with Gasteiger partial charge in [0.2, 0.25) is 11.8 Å². The number of carbonyl (C=O) groups excluding carboxylic acids is 2. The molecule has 3 aromatic rings. The number of pyridine rings is 1. The van der Waals surface area contributed by atoms with Crippen molar-refractivity contribution >= 4 is 46.0 Å². The molecule has 2 heterocycles. The Hall–Kier alpha value is -3.63. The Balaban J connectivity index is 1.50. The first-order valence-electron chi connectivity index (χ1n) is 14.0. The fraction of sp³-hybridized carbons (Fsp3) is 0.419. The van der Waals surface area contributed by atoms with Crippen LogP contribution < -0.4 is 10.2 Å². The lowest BCUT2D eigenvalue weighted by molar-refractivity contribution is -0.142. The van der Waals surface area contributed by atoms with Gasteiger partial charge in [0, 0.05) is 50.8 Å². The summed E-state index contributed by atoms with van der Waals surface area (Å²) < 4.78 is 0. The number of likely N-dealkylation sites (N-methyl/N-ethyl adjacent to an activating group) is 1. The number of aromatic nitrogens is 1. The number of aliphatic carboxylic acids is 1. The van der Waals surface area contributed by atoms with Gasteiger partial charge in [0.25, 0.3) is 0 Å². The van der Waals surface area contributed by atoms with Crippen molar-refractivity contribution in [1.82, 2.24) is 20.1 Å². The van der Waals surface area contributed by atoms with E-state index in [2.05, 4.69) is 34.6 Å². The maximum atomic E-state index is 13.4. The molecule has 9 nitrogen and oxygen atoms in total. The summed E-state index contributed by atoms with van der Waals surface area (Å²) in [7, 11) is 1.89. The van der Waals surface area contributed by atoms with E-state index < -0.39 is 12.0 Å². The fourth-order valence-corrected chi connectivity index (χ4v) is 5.90. The molecule has 1 aromatic heterocycles. The van der Waals surface area contributed by atoms with Gasteiger partial charge in [-0.1, -0.05) is 42.5 Å². The van der Waals surface area contributed by atoms with Gasteiger partial charge in [0.1, 0.15) is 6.04 Å². The highest BCUT2D eigenvalue weighted by molar-refractivity contribution is 7.98. The lowest BCUT2D eigenvalue weighted by Crippen LogP contribution is -2.50. The van der Waals surface area contributed by atoms with E-state index in [1.807, 2.05) is 58.3 Å². The van der Waals surface area contributed by atoms with Crippen LogP contribution in [-0.2, 0) is 20.9 Å². The average Bonchev–Trinajstić information content (AvgIpc) is 3.44. The number of hydrogen-bond acceptors (Lipinski definition) is 7. The number of hydrogen-bond donors (Lipinski definition) is 2. The Morgan fingerprint density at radius 3 is 2.61 bits per heavy atom. The second-order valence-corrected chi connectivity index (χ2v) is 11.5. The number of benzene rings is 2. The van der Waals surface area contributed by atoms with E-state index >= 15 is 0 Å². The van der Waals surface area contributed by atoms with Gasteiger partial charge in [0.05, 0.1) is 13.1 Å². The Morgan fingerprint density at radius 1 is 1.10 bits per heavy atom. The monoisotopic (exact) mass is 577 g/mol. The first-order chi connectivity index (χ1) is 19.9. The van der Waals surface area contributed by atoms with Crippen molar-refractivity contribution in [2.75, 3.05) is 50.1 Å². The van der Waals surface area contributed by atoms with Crippen molar-refractivity contribution in [2.45, 2.75) is 37.9 Å². The molecule has 0 spiro atoms. The quantitative estimate of drug-likeness (QED) is 0.300. The third-order valence-electron chi connectivity index (χ3n) is 7.53. The van der Waals surface area contributed by atoms with E-state index in [0.29, 0.717) is 31.8 Å². The summed E-state index contributed by atoms with van der Waals surface area (Å²) in [4.78, 5) is 48.3. The van der Waals surface area contributed by atoms with Gasteiger partial charge in [-0.05, 0) is 59.7 Å². The van der Waals surface area contributed by atoms with Crippen LogP contribution in [0.3, 0.4) is 0 Å². The van der Waals surface area contributed by atoms with E-state index in [4.69, 9.17) is 0 Å². The Morgan fingerprint density at radius 2 is 1.85 bits per heavy atom. The lowest BCUT2D eigenvalue weighted by atomic mass is 10.0. The SMILES string of the molecule is CSCC[C@H](NC(=O)CN(Cc1cccc2ccccc12)C[C@@H]1CCCN1C(=O)CN(C)c1ccncc1)C(=O)O. The molecule has 10 heteroatoms. The van der Waals surface area contributed by atoms with Gasteiger partial charge in [-0.2, -0.15) is 11.8 Å². The van der Waals surface area contributed by atoms with Crippen molar-refractivity contribution in [3.63, 3.8) is 0 Å². The molecular weight excluding hydrogens is 538 g/mol. The van der Waals surface area contributed by atoms with E-state index in [1.54, 1.807) is 24.2 Å². The molecule has 2 aromatic carbocycles. The normalized spacial score (nSPS) is 15.7. The van der Waals surface area contributed by atoms with Gasteiger partial charge in [-0.3, -0.25) is 19.5 Å². The predicted molar refractivity (Wildman–Crippen MR) is 164 cm³/mol. The van der Waals surface area contributed by atoms with Gasteiger partial charge < -0.3 is 20.2 Å². The number of likely N-dealkylation sites (tertiary alicyclic amines) is 1. The Bertz CT molecular complexity index is 1320. The second kappa shape index (κ2) is 14.8. The first-order valence-corrected chi connectivity index (χ1v) is 15.4. The van der Waals surface area contributed by atoms with Crippen LogP contribution in [0, 0.1) is 0 Å². The summed E-state index contributed by atoms with van der Waals surface area (Å²) in [6.45, 7) is 2.00. The second-order valence-electron chi connectivity index (χ2n) is 10.5. The number of rotatable bonds is 14. The molecule has 218 valence electrons. The van der Waals surface area contributed by atoms with Crippen LogP contribution in [0.25, 0.3) is 10.8 Å². The van der Waals surface area contributed by atoms with Crippen molar-refractivity contribution < 1.29 is 19.5 Å². The summed E-state index contributed by atoms with van der Waals surface area (Å²) in [5.74, 6) is -0.667. The molecule has 2 amide bonds. The van der Waals surface area contributed by atoms with Gasteiger partial charge >= 0.3 is 5.97 Å². The number of thioether (sulfide) groups is 1. The van der Waals surface area contributed by atoms with Crippen LogP contribution in [0.5, 0.6) is 0 Å². The highest BCUT2D eigenvalue weighted by atomic mass is 32.2. The Labute approximate surface area is 245 Å². The van der Waals surface area contributed by atoms with Gasteiger partial charge in [0.15, 0.2) is 0 Å². The number of carboxylic acid groups (broad SMARTS) is 1. The van der Waals surface area contributed by atoms with E-state index in [0.717, 1.165) is 34.9 Å². The summed E-state index contributed by atoms with van der Waals surface area (Å²) in [5.41, 5.74) is 2.01. The summed E-state index contributed by atoms with van der Waals surface area (Å²) in [5, 5.41) is 14.6. The minimum absolute atomic E-state index is 0.0390. The predicted octanol–water partition coefficient (Wildman–Crippen LogP) is 3.49. The van der Waals surface area contributed by atoms with Gasteiger partial charge in [-0.15, -0.1) is 0 Å². The molecule has 4 rings (SSSR count). The van der Waals surface area contributed by atoms with Crippen molar-refractivity contribution in [3.05, 3.63) is 72.6 Å². The molecule has 41 heavy (non-hydrogen) atoms. The molecule has 0 saturated carbocycles. The minimum Gasteiger partial charge on any atom is -0.480 e. The number of carbonyl (C=O) groups is 3. The summed E-state index contributed by atoms with van der Waals surface area (Å²) >= 11 is 1.55. The van der Waals surface area contributed by atoms with Crippen LogP contribution in [0.4, 0.5) is 5.69 Å². The molecule has 2 atom stereocenters. The van der Waals surface area contributed by atoms with Crippen LogP contribution in [-0.4, -0.2) is 95.0 Å². The summed E-state index contributed by atoms with van der Waals surface area (Å²) in [6.07, 6.45) is 7.45. The van der Waals surface area contributed by atoms with Crippen molar-refractivity contribution in [1.29, 1.82) is 0 Å². The topological polar surface area (TPSA) is 106 Å². The maximum absolute atomic E-state index is 13.4. The summed E-state index contributed by atoms with van der Waals surface area (Å²) in [6, 6.07) is 17.1. The number of nitrogens with zero attached hydrogens (tertiary/aromatic N) is 4. The van der Waals surface area contributed by atoms with Crippen LogP contribution in [0.2, 0.25) is 0 Å². The lowest BCUT2D eigenvalue weighted by Gasteiger charge is -2.32. The number of amides is 2. The number of carboxylic acids is 1. The molecule has 1 fully saturated rings. The zero-order chi connectivity index (χ0) is 29.2. The Kier molecular flexibility index (Phi) is 11.0. The number of anilines is 1. The molecular formula is C31H39N5O4S. The fourth-order valence-electron chi connectivity index (χ4n) is 5.43. The highest BCUT2D eigenvalue weighted by Gasteiger charge is 2.31. The average molecular weight is 578 g/mol.